The van der Waals surface area contributed by atoms with E-state index in [1.807, 2.05) is 25.1 Å². The SMILES string of the molecule is CC(N)c1ccc2c(c1)CCN2S(=O)(=O)CCC(C)(C)C. The molecule has 0 radical (unpaired) electrons. The Labute approximate surface area is 128 Å². The van der Waals surface area contributed by atoms with Crippen LogP contribution in [0, 0.1) is 5.41 Å². The summed E-state index contributed by atoms with van der Waals surface area (Å²) < 4.78 is 26.7. The first kappa shape index (κ1) is 16.3. The number of fused-ring (bicyclic) bond motifs is 1. The van der Waals surface area contributed by atoms with E-state index >= 15 is 0 Å². The molecule has 0 saturated carbocycles. The minimum Gasteiger partial charge on any atom is -0.324 e. The lowest BCUT2D eigenvalue weighted by Gasteiger charge is -2.23. The molecule has 0 spiro atoms. The van der Waals surface area contributed by atoms with Gasteiger partial charge in [-0.25, -0.2) is 8.42 Å². The predicted octanol–water partition coefficient (Wildman–Crippen LogP) is 2.83. The van der Waals surface area contributed by atoms with Gasteiger partial charge in [-0.3, -0.25) is 4.31 Å². The van der Waals surface area contributed by atoms with Gasteiger partial charge in [0.25, 0.3) is 0 Å². The fraction of sp³-hybridized carbons (Fsp3) is 0.625. The van der Waals surface area contributed by atoms with Crippen LogP contribution in [0.4, 0.5) is 5.69 Å². The molecule has 1 aromatic rings. The minimum absolute atomic E-state index is 0.0223. The van der Waals surface area contributed by atoms with E-state index in [1.54, 1.807) is 4.31 Å². The Balaban J connectivity index is 2.22. The standard InChI is InChI=1S/C16H26N2O2S/c1-12(17)13-5-6-15-14(11-13)7-9-18(15)21(19,20)10-8-16(2,3)4/h5-6,11-12H,7-10,17H2,1-4H3. The molecule has 4 nitrogen and oxygen atoms in total. The van der Waals surface area contributed by atoms with Crippen molar-refractivity contribution in [3.8, 4) is 0 Å². The van der Waals surface area contributed by atoms with Gasteiger partial charge in [0.2, 0.25) is 10.0 Å². The van der Waals surface area contributed by atoms with Gasteiger partial charge in [-0.05, 0) is 42.4 Å². The Kier molecular flexibility index (Phi) is 4.36. The summed E-state index contributed by atoms with van der Waals surface area (Å²) in [5.41, 5.74) is 8.89. The van der Waals surface area contributed by atoms with Crippen LogP contribution in [0.1, 0.15) is 51.3 Å². The molecule has 0 aromatic heterocycles. The highest BCUT2D eigenvalue weighted by molar-refractivity contribution is 7.92. The summed E-state index contributed by atoms with van der Waals surface area (Å²) in [6, 6.07) is 5.85. The molecule has 1 heterocycles. The van der Waals surface area contributed by atoms with Crippen LogP contribution in [0.5, 0.6) is 0 Å². The molecule has 0 bridgehead atoms. The summed E-state index contributed by atoms with van der Waals surface area (Å²) in [4.78, 5) is 0. The van der Waals surface area contributed by atoms with Crippen LogP contribution in [-0.2, 0) is 16.4 Å². The quantitative estimate of drug-likeness (QED) is 0.930. The number of hydrogen-bond donors (Lipinski definition) is 1. The predicted molar refractivity (Wildman–Crippen MR) is 88.0 cm³/mol. The normalized spacial score (nSPS) is 16.9. The van der Waals surface area contributed by atoms with Gasteiger partial charge < -0.3 is 5.73 Å². The zero-order chi connectivity index (χ0) is 15.8. The number of nitrogens with two attached hydrogens (primary N) is 1. The lowest BCUT2D eigenvalue weighted by molar-refractivity contribution is 0.397. The van der Waals surface area contributed by atoms with Crippen molar-refractivity contribution in [1.82, 2.24) is 0 Å². The fourth-order valence-electron chi connectivity index (χ4n) is 2.51. The highest BCUT2D eigenvalue weighted by Gasteiger charge is 2.30. The maximum absolute atomic E-state index is 12.6. The maximum Gasteiger partial charge on any atom is 0.235 e. The summed E-state index contributed by atoms with van der Waals surface area (Å²) in [6.07, 6.45) is 1.43. The van der Waals surface area contributed by atoms with E-state index in [2.05, 4.69) is 20.8 Å². The van der Waals surface area contributed by atoms with E-state index < -0.39 is 10.0 Å². The molecule has 1 aliphatic rings. The van der Waals surface area contributed by atoms with Crippen molar-refractivity contribution in [2.45, 2.75) is 46.6 Å². The van der Waals surface area contributed by atoms with Crippen molar-refractivity contribution in [3.05, 3.63) is 29.3 Å². The molecule has 21 heavy (non-hydrogen) atoms. The Morgan fingerprint density at radius 1 is 1.33 bits per heavy atom. The Morgan fingerprint density at radius 2 is 2.00 bits per heavy atom. The molecule has 2 N–H and O–H groups in total. The van der Waals surface area contributed by atoms with Gasteiger partial charge in [0.1, 0.15) is 0 Å². The third kappa shape index (κ3) is 3.77. The zero-order valence-electron chi connectivity index (χ0n) is 13.4. The van der Waals surface area contributed by atoms with E-state index in [4.69, 9.17) is 5.73 Å². The van der Waals surface area contributed by atoms with E-state index in [0.29, 0.717) is 13.0 Å². The molecule has 1 aliphatic heterocycles. The largest absolute Gasteiger partial charge is 0.324 e. The molecule has 2 rings (SSSR count). The molecular formula is C16H26N2O2S. The summed E-state index contributed by atoms with van der Waals surface area (Å²) in [5.74, 6) is 0.199. The molecule has 0 amide bonds. The summed E-state index contributed by atoms with van der Waals surface area (Å²) in [5, 5.41) is 0. The molecule has 0 saturated heterocycles. The van der Waals surface area contributed by atoms with Crippen molar-refractivity contribution >= 4 is 15.7 Å². The van der Waals surface area contributed by atoms with Gasteiger partial charge >= 0.3 is 0 Å². The first-order valence-electron chi connectivity index (χ1n) is 7.49. The number of anilines is 1. The third-order valence-electron chi connectivity index (χ3n) is 3.93. The minimum atomic E-state index is -3.24. The first-order chi connectivity index (χ1) is 9.60. The number of hydrogen-bond acceptors (Lipinski definition) is 3. The van der Waals surface area contributed by atoms with Crippen molar-refractivity contribution in [2.24, 2.45) is 11.1 Å². The van der Waals surface area contributed by atoms with Crippen molar-refractivity contribution in [1.29, 1.82) is 0 Å². The van der Waals surface area contributed by atoms with Crippen LogP contribution in [0.15, 0.2) is 18.2 Å². The summed E-state index contributed by atoms with van der Waals surface area (Å²) in [7, 11) is -3.24. The highest BCUT2D eigenvalue weighted by Crippen LogP contribution is 2.33. The van der Waals surface area contributed by atoms with Crippen molar-refractivity contribution in [2.75, 3.05) is 16.6 Å². The fourth-order valence-corrected chi connectivity index (χ4v) is 4.45. The lowest BCUT2D eigenvalue weighted by atomic mass is 9.94. The van der Waals surface area contributed by atoms with Crippen LogP contribution in [0.3, 0.4) is 0 Å². The topological polar surface area (TPSA) is 63.4 Å². The van der Waals surface area contributed by atoms with Crippen LogP contribution in [0.25, 0.3) is 0 Å². The van der Waals surface area contributed by atoms with Gasteiger partial charge in [0.05, 0.1) is 11.4 Å². The Hall–Kier alpha value is -1.07. The second kappa shape index (κ2) is 5.61. The van der Waals surface area contributed by atoms with Crippen molar-refractivity contribution < 1.29 is 8.42 Å². The van der Waals surface area contributed by atoms with Gasteiger partial charge in [0.15, 0.2) is 0 Å². The van der Waals surface area contributed by atoms with Crippen molar-refractivity contribution in [3.63, 3.8) is 0 Å². The Morgan fingerprint density at radius 3 is 2.57 bits per heavy atom. The molecule has 1 atom stereocenters. The van der Waals surface area contributed by atoms with Crippen LogP contribution in [-0.4, -0.2) is 20.7 Å². The van der Waals surface area contributed by atoms with Crippen LogP contribution < -0.4 is 10.0 Å². The summed E-state index contributed by atoms with van der Waals surface area (Å²) >= 11 is 0. The highest BCUT2D eigenvalue weighted by atomic mass is 32.2. The molecular weight excluding hydrogens is 284 g/mol. The summed E-state index contributed by atoms with van der Waals surface area (Å²) in [6.45, 7) is 8.68. The second-order valence-electron chi connectivity index (χ2n) is 7.13. The second-order valence-corrected chi connectivity index (χ2v) is 9.14. The molecule has 0 fully saturated rings. The zero-order valence-corrected chi connectivity index (χ0v) is 14.2. The average Bonchev–Trinajstić information content (AvgIpc) is 2.79. The molecule has 5 heteroatoms. The van der Waals surface area contributed by atoms with E-state index in [-0.39, 0.29) is 17.2 Å². The van der Waals surface area contributed by atoms with E-state index in [1.165, 1.54) is 0 Å². The monoisotopic (exact) mass is 310 g/mol. The molecule has 118 valence electrons. The number of sulfonamides is 1. The maximum atomic E-state index is 12.6. The molecule has 0 aliphatic carbocycles. The van der Waals surface area contributed by atoms with Crippen LogP contribution in [0.2, 0.25) is 0 Å². The molecule has 1 aromatic carbocycles. The van der Waals surface area contributed by atoms with Gasteiger partial charge in [-0.1, -0.05) is 32.9 Å². The average molecular weight is 310 g/mol. The van der Waals surface area contributed by atoms with Gasteiger partial charge in [0, 0.05) is 12.6 Å². The van der Waals surface area contributed by atoms with Crippen LogP contribution >= 0.6 is 0 Å². The van der Waals surface area contributed by atoms with E-state index in [0.717, 1.165) is 23.2 Å². The first-order valence-corrected chi connectivity index (χ1v) is 9.10. The smallest absolute Gasteiger partial charge is 0.235 e. The number of nitrogens with zero attached hydrogens (tertiary/aromatic N) is 1. The third-order valence-corrected chi connectivity index (χ3v) is 5.70. The van der Waals surface area contributed by atoms with Gasteiger partial charge in [-0.2, -0.15) is 0 Å². The number of rotatable bonds is 4. The Bertz CT molecular complexity index is 616. The number of benzene rings is 1. The van der Waals surface area contributed by atoms with E-state index in [9.17, 15) is 8.42 Å². The van der Waals surface area contributed by atoms with Gasteiger partial charge in [-0.15, -0.1) is 0 Å². The molecule has 1 unspecified atom stereocenters. The lowest BCUT2D eigenvalue weighted by Crippen LogP contribution is -2.32.